The first kappa shape index (κ1) is 14.8. The molecule has 0 bridgehead atoms. The third-order valence-electron chi connectivity index (χ3n) is 4.33. The standard InChI is InChI=1S/C13H24BrNO2S/c14-8-6-12-7-9-15(10-12)18(16,17)11-13-4-2-1-3-5-13/h12-13H,1-11H2. The summed E-state index contributed by atoms with van der Waals surface area (Å²) in [4.78, 5) is 0. The van der Waals surface area contributed by atoms with Gasteiger partial charge in [-0.3, -0.25) is 0 Å². The highest BCUT2D eigenvalue weighted by atomic mass is 79.9. The van der Waals surface area contributed by atoms with Crippen molar-refractivity contribution in [3.05, 3.63) is 0 Å². The molecule has 3 nitrogen and oxygen atoms in total. The van der Waals surface area contributed by atoms with Crippen LogP contribution in [0, 0.1) is 11.8 Å². The second-order valence-electron chi connectivity index (χ2n) is 5.77. The molecule has 0 amide bonds. The van der Waals surface area contributed by atoms with Crippen LogP contribution >= 0.6 is 15.9 Å². The monoisotopic (exact) mass is 337 g/mol. The molecule has 1 heterocycles. The Bertz CT molecular complexity index is 352. The van der Waals surface area contributed by atoms with Crippen molar-refractivity contribution in [3.8, 4) is 0 Å². The van der Waals surface area contributed by atoms with Crippen LogP contribution in [0.2, 0.25) is 0 Å². The SMILES string of the molecule is O=S(=O)(CC1CCCCC1)N1CCC(CCBr)C1. The van der Waals surface area contributed by atoms with Crippen molar-refractivity contribution < 1.29 is 8.42 Å². The number of halogens is 1. The summed E-state index contributed by atoms with van der Waals surface area (Å²) in [6.07, 6.45) is 8.06. The van der Waals surface area contributed by atoms with Crippen molar-refractivity contribution in [1.82, 2.24) is 4.31 Å². The van der Waals surface area contributed by atoms with Gasteiger partial charge in [-0.05, 0) is 37.5 Å². The molecule has 106 valence electrons. The van der Waals surface area contributed by atoms with Crippen molar-refractivity contribution in [1.29, 1.82) is 0 Å². The predicted molar refractivity (Wildman–Crippen MR) is 78.5 cm³/mol. The Hall–Kier alpha value is 0.390. The van der Waals surface area contributed by atoms with Crippen LogP contribution in [-0.2, 0) is 10.0 Å². The third-order valence-corrected chi connectivity index (χ3v) is 6.80. The summed E-state index contributed by atoms with van der Waals surface area (Å²) in [6, 6.07) is 0. The first-order valence-electron chi connectivity index (χ1n) is 7.15. The third kappa shape index (κ3) is 3.94. The van der Waals surface area contributed by atoms with Gasteiger partial charge in [0.25, 0.3) is 0 Å². The summed E-state index contributed by atoms with van der Waals surface area (Å²) in [6.45, 7) is 1.49. The zero-order valence-electron chi connectivity index (χ0n) is 11.0. The molecule has 0 aromatic heterocycles. The van der Waals surface area contributed by atoms with Gasteiger partial charge in [-0.2, -0.15) is 0 Å². The Morgan fingerprint density at radius 3 is 2.44 bits per heavy atom. The van der Waals surface area contributed by atoms with Crippen molar-refractivity contribution in [2.45, 2.75) is 44.9 Å². The highest BCUT2D eigenvalue weighted by molar-refractivity contribution is 9.09. The number of nitrogens with zero attached hydrogens (tertiary/aromatic N) is 1. The number of alkyl halides is 1. The van der Waals surface area contributed by atoms with Gasteiger partial charge in [0.15, 0.2) is 0 Å². The molecule has 1 saturated carbocycles. The normalized spacial score (nSPS) is 27.7. The van der Waals surface area contributed by atoms with Crippen molar-refractivity contribution in [3.63, 3.8) is 0 Å². The summed E-state index contributed by atoms with van der Waals surface area (Å²) in [5, 5.41) is 0.980. The molecule has 1 aliphatic heterocycles. The summed E-state index contributed by atoms with van der Waals surface area (Å²) in [5.41, 5.74) is 0. The number of rotatable bonds is 5. The van der Waals surface area contributed by atoms with Gasteiger partial charge < -0.3 is 0 Å². The number of sulfonamides is 1. The quantitative estimate of drug-likeness (QED) is 0.723. The molecule has 0 aromatic rings. The van der Waals surface area contributed by atoms with E-state index < -0.39 is 10.0 Å². The van der Waals surface area contributed by atoms with E-state index in [1.807, 2.05) is 0 Å². The molecule has 0 aromatic carbocycles. The lowest BCUT2D eigenvalue weighted by molar-refractivity contribution is 0.374. The van der Waals surface area contributed by atoms with Gasteiger partial charge in [-0.15, -0.1) is 0 Å². The maximum Gasteiger partial charge on any atom is 0.214 e. The maximum absolute atomic E-state index is 12.4. The van der Waals surface area contributed by atoms with Gasteiger partial charge in [-0.25, -0.2) is 12.7 Å². The van der Waals surface area contributed by atoms with Gasteiger partial charge >= 0.3 is 0 Å². The van der Waals surface area contributed by atoms with E-state index in [1.165, 1.54) is 19.3 Å². The van der Waals surface area contributed by atoms with E-state index in [0.717, 1.165) is 44.1 Å². The van der Waals surface area contributed by atoms with Crippen LogP contribution in [-0.4, -0.2) is 36.9 Å². The van der Waals surface area contributed by atoms with E-state index in [0.29, 0.717) is 17.6 Å². The van der Waals surface area contributed by atoms with Gasteiger partial charge in [0.1, 0.15) is 0 Å². The van der Waals surface area contributed by atoms with Gasteiger partial charge in [0, 0.05) is 18.4 Å². The highest BCUT2D eigenvalue weighted by Crippen LogP contribution is 2.28. The average molecular weight is 338 g/mol. The highest BCUT2D eigenvalue weighted by Gasteiger charge is 2.32. The van der Waals surface area contributed by atoms with Gasteiger partial charge in [0.2, 0.25) is 10.0 Å². The molecule has 1 aliphatic carbocycles. The minimum Gasteiger partial charge on any atom is -0.212 e. The Morgan fingerprint density at radius 1 is 1.06 bits per heavy atom. The maximum atomic E-state index is 12.4. The second-order valence-corrected chi connectivity index (χ2v) is 8.58. The van der Waals surface area contributed by atoms with Crippen LogP contribution < -0.4 is 0 Å². The summed E-state index contributed by atoms with van der Waals surface area (Å²) in [7, 11) is -2.99. The Morgan fingerprint density at radius 2 is 1.78 bits per heavy atom. The fourth-order valence-electron chi connectivity index (χ4n) is 3.20. The molecule has 18 heavy (non-hydrogen) atoms. The molecule has 1 unspecified atom stereocenters. The lowest BCUT2D eigenvalue weighted by Crippen LogP contribution is -2.34. The second kappa shape index (κ2) is 6.71. The number of hydrogen-bond donors (Lipinski definition) is 0. The molecule has 0 N–H and O–H groups in total. The van der Waals surface area contributed by atoms with E-state index in [9.17, 15) is 8.42 Å². The fourth-order valence-corrected chi connectivity index (χ4v) is 5.81. The van der Waals surface area contributed by atoms with E-state index in [-0.39, 0.29) is 0 Å². The van der Waals surface area contributed by atoms with E-state index >= 15 is 0 Å². The van der Waals surface area contributed by atoms with Crippen molar-refractivity contribution >= 4 is 26.0 Å². The molecule has 0 spiro atoms. The number of hydrogen-bond acceptors (Lipinski definition) is 2. The topological polar surface area (TPSA) is 37.4 Å². The van der Waals surface area contributed by atoms with E-state index in [4.69, 9.17) is 0 Å². The Labute approximate surface area is 119 Å². The first-order chi connectivity index (χ1) is 8.62. The van der Waals surface area contributed by atoms with Crippen molar-refractivity contribution in [2.75, 3.05) is 24.2 Å². The fraction of sp³-hybridized carbons (Fsp3) is 1.00. The molecular formula is C13H24BrNO2S. The van der Waals surface area contributed by atoms with E-state index in [2.05, 4.69) is 15.9 Å². The Balaban J connectivity index is 1.86. The summed E-state index contributed by atoms with van der Waals surface area (Å²) in [5.74, 6) is 1.37. The van der Waals surface area contributed by atoms with Crippen LogP contribution in [0.1, 0.15) is 44.9 Å². The van der Waals surface area contributed by atoms with Crippen molar-refractivity contribution in [2.24, 2.45) is 11.8 Å². The smallest absolute Gasteiger partial charge is 0.212 e. The molecule has 5 heteroatoms. The van der Waals surface area contributed by atoms with Crippen LogP contribution in [0.15, 0.2) is 0 Å². The summed E-state index contributed by atoms with van der Waals surface area (Å²) >= 11 is 3.44. The van der Waals surface area contributed by atoms with Crippen LogP contribution in [0.5, 0.6) is 0 Å². The minimum absolute atomic E-state index is 0.397. The molecule has 1 atom stereocenters. The molecule has 2 rings (SSSR count). The lowest BCUT2D eigenvalue weighted by atomic mass is 9.91. The van der Waals surface area contributed by atoms with Crippen LogP contribution in [0.25, 0.3) is 0 Å². The lowest BCUT2D eigenvalue weighted by Gasteiger charge is -2.24. The molecule has 2 fully saturated rings. The van der Waals surface area contributed by atoms with Crippen LogP contribution in [0.3, 0.4) is 0 Å². The van der Waals surface area contributed by atoms with Crippen LogP contribution in [0.4, 0.5) is 0 Å². The molecule has 1 saturated heterocycles. The largest absolute Gasteiger partial charge is 0.214 e. The predicted octanol–water partition coefficient (Wildman–Crippen LogP) is 3.00. The first-order valence-corrected chi connectivity index (χ1v) is 9.88. The van der Waals surface area contributed by atoms with Gasteiger partial charge in [-0.1, -0.05) is 35.2 Å². The zero-order valence-corrected chi connectivity index (χ0v) is 13.4. The molecule has 2 aliphatic rings. The minimum atomic E-state index is -2.99. The van der Waals surface area contributed by atoms with E-state index in [1.54, 1.807) is 4.31 Å². The van der Waals surface area contributed by atoms with Gasteiger partial charge in [0.05, 0.1) is 5.75 Å². The summed E-state index contributed by atoms with van der Waals surface area (Å²) < 4.78 is 26.5. The molecule has 0 radical (unpaired) electrons. The Kier molecular flexibility index (Phi) is 5.51. The zero-order chi connectivity index (χ0) is 13.0. The average Bonchev–Trinajstić information content (AvgIpc) is 2.80. The molecular weight excluding hydrogens is 314 g/mol.